The molecule has 1 saturated heterocycles. The number of hydrogen-bond acceptors (Lipinski definition) is 7. The Labute approximate surface area is 181 Å². The quantitative estimate of drug-likeness (QED) is 0.530. The number of carbonyl (C=O) groups is 2. The van der Waals surface area contributed by atoms with Gasteiger partial charge in [0.2, 0.25) is 0 Å². The van der Waals surface area contributed by atoms with Crippen LogP contribution in [-0.4, -0.2) is 71.2 Å². The van der Waals surface area contributed by atoms with Crippen LogP contribution in [0.2, 0.25) is 0 Å². The van der Waals surface area contributed by atoms with Crippen LogP contribution in [0, 0.1) is 5.41 Å². The van der Waals surface area contributed by atoms with E-state index in [0.717, 1.165) is 6.29 Å². The Morgan fingerprint density at radius 2 is 1.94 bits per heavy atom. The third-order valence-corrected chi connectivity index (χ3v) is 5.16. The lowest BCUT2D eigenvalue weighted by Gasteiger charge is -2.46. The minimum Gasteiger partial charge on any atom is -0.490 e. The second kappa shape index (κ2) is 9.63. The number of benzene rings is 1. The maximum absolute atomic E-state index is 11.7. The van der Waals surface area contributed by atoms with Crippen molar-refractivity contribution in [2.75, 3.05) is 37.7 Å². The molecule has 0 aliphatic carbocycles. The van der Waals surface area contributed by atoms with E-state index < -0.39 is 6.09 Å². The molecule has 1 aromatic heterocycles. The molecule has 166 valence electrons. The number of piperazine rings is 1. The highest BCUT2D eigenvalue weighted by Crippen LogP contribution is 2.32. The summed E-state index contributed by atoms with van der Waals surface area (Å²) in [7, 11) is 0. The Morgan fingerprint density at radius 3 is 2.65 bits per heavy atom. The Morgan fingerprint density at radius 1 is 1.19 bits per heavy atom. The Kier molecular flexibility index (Phi) is 6.94. The van der Waals surface area contributed by atoms with Gasteiger partial charge < -0.3 is 24.4 Å². The van der Waals surface area contributed by atoms with Crippen molar-refractivity contribution in [2.24, 2.45) is 5.41 Å². The summed E-state index contributed by atoms with van der Waals surface area (Å²) in [4.78, 5) is 34.8. The van der Waals surface area contributed by atoms with Crippen molar-refractivity contribution in [3.05, 3.63) is 42.2 Å². The molecule has 1 aromatic carbocycles. The number of hydrogen-bond donors (Lipinski definition) is 1. The molecular weight excluding hydrogens is 400 g/mol. The molecule has 1 atom stereocenters. The molecule has 0 saturated carbocycles. The smallest absolute Gasteiger partial charge is 0.407 e. The average Bonchev–Trinajstić information content (AvgIpc) is 2.76. The van der Waals surface area contributed by atoms with Crippen molar-refractivity contribution in [1.82, 2.24) is 14.9 Å². The zero-order valence-corrected chi connectivity index (χ0v) is 18.0. The number of aldehydes is 1. The lowest BCUT2D eigenvalue weighted by atomic mass is 9.84. The van der Waals surface area contributed by atoms with Crippen LogP contribution in [0.25, 0.3) is 0 Å². The van der Waals surface area contributed by atoms with E-state index in [1.165, 1.54) is 4.90 Å². The standard InChI is InChI=1S/C22H28N4O5/c1-22(2,3)18-14-25(9-10-26(18)21(28)29)19-20(24-8-7-23-19)31-12-11-30-17-6-4-5-16(13-17)15-27/h4-8,13,15,18H,9-12,14H2,1-3H3,(H,28,29). The molecule has 1 amide bonds. The Bertz CT molecular complexity index is 915. The molecule has 9 nitrogen and oxygen atoms in total. The highest BCUT2D eigenvalue weighted by atomic mass is 16.5. The number of rotatable bonds is 7. The van der Waals surface area contributed by atoms with Gasteiger partial charge in [-0.25, -0.2) is 14.8 Å². The van der Waals surface area contributed by atoms with Crippen LogP contribution in [0.1, 0.15) is 31.1 Å². The van der Waals surface area contributed by atoms with Gasteiger partial charge in [-0.05, 0) is 17.5 Å². The number of ether oxygens (including phenoxy) is 2. The number of carbonyl (C=O) groups excluding carboxylic acids is 1. The van der Waals surface area contributed by atoms with Gasteiger partial charge in [-0.2, -0.15) is 0 Å². The van der Waals surface area contributed by atoms with Crippen molar-refractivity contribution in [3.63, 3.8) is 0 Å². The monoisotopic (exact) mass is 428 g/mol. The second-order valence-corrected chi connectivity index (χ2v) is 8.38. The SMILES string of the molecule is CC(C)(C)C1CN(c2nccnc2OCCOc2cccc(C=O)c2)CCN1C(=O)O. The summed E-state index contributed by atoms with van der Waals surface area (Å²) in [5.74, 6) is 1.55. The van der Waals surface area contributed by atoms with E-state index >= 15 is 0 Å². The van der Waals surface area contributed by atoms with Gasteiger partial charge in [0.25, 0.3) is 5.88 Å². The first-order valence-corrected chi connectivity index (χ1v) is 10.2. The van der Waals surface area contributed by atoms with E-state index in [1.807, 2.05) is 25.7 Å². The van der Waals surface area contributed by atoms with E-state index in [9.17, 15) is 14.7 Å². The summed E-state index contributed by atoms with van der Waals surface area (Å²) >= 11 is 0. The zero-order valence-electron chi connectivity index (χ0n) is 18.0. The van der Waals surface area contributed by atoms with Gasteiger partial charge in [0.15, 0.2) is 5.82 Å². The van der Waals surface area contributed by atoms with E-state index in [1.54, 1.807) is 36.7 Å². The van der Waals surface area contributed by atoms with Gasteiger partial charge >= 0.3 is 6.09 Å². The lowest BCUT2D eigenvalue weighted by molar-refractivity contribution is 0.0744. The number of anilines is 1. The minimum atomic E-state index is -0.911. The Hall–Kier alpha value is -3.36. The summed E-state index contributed by atoms with van der Waals surface area (Å²) in [5.41, 5.74) is 0.313. The van der Waals surface area contributed by atoms with Crippen LogP contribution in [0.3, 0.4) is 0 Å². The van der Waals surface area contributed by atoms with Crippen LogP contribution < -0.4 is 14.4 Å². The van der Waals surface area contributed by atoms with Crippen molar-refractivity contribution in [1.29, 1.82) is 0 Å². The van der Waals surface area contributed by atoms with Gasteiger partial charge in [0.1, 0.15) is 25.2 Å². The average molecular weight is 428 g/mol. The second-order valence-electron chi connectivity index (χ2n) is 8.38. The molecule has 0 radical (unpaired) electrons. The fraction of sp³-hybridized carbons (Fsp3) is 0.455. The molecule has 1 N–H and O–H groups in total. The van der Waals surface area contributed by atoms with Gasteiger partial charge in [-0.15, -0.1) is 0 Å². The number of amides is 1. The van der Waals surface area contributed by atoms with Gasteiger partial charge in [-0.3, -0.25) is 4.79 Å². The van der Waals surface area contributed by atoms with Gasteiger partial charge in [0, 0.05) is 37.6 Å². The molecule has 1 aliphatic heterocycles. The van der Waals surface area contributed by atoms with Gasteiger partial charge in [0.05, 0.1) is 6.04 Å². The van der Waals surface area contributed by atoms with Crippen LogP contribution in [-0.2, 0) is 0 Å². The molecule has 9 heteroatoms. The predicted octanol–water partition coefficient (Wildman–Crippen LogP) is 2.96. The van der Waals surface area contributed by atoms with Crippen molar-refractivity contribution < 1.29 is 24.2 Å². The predicted molar refractivity (Wildman–Crippen MR) is 115 cm³/mol. The molecule has 2 aromatic rings. The van der Waals surface area contributed by atoms with E-state index in [2.05, 4.69) is 9.97 Å². The fourth-order valence-electron chi connectivity index (χ4n) is 3.56. The van der Waals surface area contributed by atoms with Crippen LogP contribution >= 0.6 is 0 Å². The maximum atomic E-state index is 11.7. The summed E-state index contributed by atoms with van der Waals surface area (Å²) in [6, 6.07) is 6.70. The van der Waals surface area contributed by atoms with Gasteiger partial charge in [-0.1, -0.05) is 32.9 Å². The molecule has 31 heavy (non-hydrogen) atoms. The van der Waals surface area contributed by atoms with Crippen LogP contribution in [0.15, 0.2) is 36.7 Å². The van der Waals surface area contributed by atoms with Crippen molar-refractivity contribution >= 4 is 18.2 Å². The third kappa shape index (κ3) is 5.62. The zero-order chi connectivity index (χ0) is 22.4. The molecule has 1 aliphatic rings. The molecule has 2 heterocycles. The molecule has 0 bridgehead atoms. The van der Waals surface area contributed by atoms with Crippen LogP contribution in [0.5, 0.6) is 11.6 Å². The molecular formula is C22H28N4O5. The van der Waals surface area contributed by atoms with Crippen molar-refractivity contribution in [2.45, 2.75) is 26.8 Å². The number of nitrogens with zero attached hydrogens (tertiary/aromatic N) is 4. The topological polar surface area (TPSA) is 105 Å². The summed E-state index contributed by atoms with van der Waals surface area (Å²) in [6.07, 6.45) is 3.01. The third-order valence-electron chi connectivity index (χ3n) is 5.16. The minimum absolute atomic E-state index is 0.193. The molecule has 3 rings (SSSR count). The molecule has 1 fully saturated rings. The molecule has 0 spiro atoms. The highest BCUT2D eigenvalue weighted by molar-refractivity contribution is 5.75. The highest BCUT2D eigenvalue weighted by Gasteiger charge is 2.39. The first kappa shape index (κ1) is 22.3. The normalized spacial score (nSPS) is 16.7. The first-order valence-electron chi connectivity index (χ1n) is 10.2. The molecule has 1 unspecified atom stereocenters. The number of carboxylic acid groups (broad SMARTS) is 1. The van der Waals surface area contributed by atoms with E-state index in [-0.39, 0.29) is 24.7 Å². The fourth-order valence-corrected chi connectivity index (χ4v) is 3.56. The van der Waals surface area contributed by atoms with Crippen molar-refractivity contribution in [3.8, 4) is 11.6 Å². The van der Waals surface area contributed by atoms with Crippen LogP contribution in [0.4, 0.5) is 10.6 Å². The largest absolute Gasteiger partial charge is 0.490 e. The van der Waals surface area contributed by atoms with E-state index in [4.69, 9.17) is 9.47 Å². The first-order chi connectivity index (χ1) is 14.8. The summed E-state index contributed by atoms with van der Waals surface area (Å²) in [6.45, 7) is 7.99. The lowest BCUT2D eigenvalue weighted by Crippen LogP contribution is -2.59. The Balaban J connectivity index is 1.64. The maximum Gasteiger partial charge on any atom is 0.407 e. The summed E-state index contributed by atoms with van der Waals surface area (Å²) < 4.78 is 11.5. The van der Waals surface area contributed by atoms with E-state index in [0.29, 0.717) is 42.6 Å². The number of aromatic nitrogens is 2. The summed E-state index contributed by atoms with van der Waals surface area (Å²) in [5, 5.41) is 9.58.